The highest BCUT2D eigenvalue weighted by Crippen LogP contribution is 2.33. The number of benzene rings is 2. The lowest BCUT2D eigenvalue weighted by atomic mass is 10.1. The quantitative estimate of drug-likeness (QED) is 0.695. The summed E-state index contributed by atoms with van der Waals surface area (Å²) in [6.45, 7) is 1.57. The molecular formula is C17H13ClFN3O2. The monoisotopic (exact) mass is 345 g/mol. The van der Waals surface area contributed by atoms with Crippen LogP contribution in [0.4, 0.5) is 10.1 Å². The van der Waals surface area contributed by atoms with Gasteiger partial charge in [0.05, 0.1) is 16.3 Å². The van der Waals surface area contributed by atoms with Crippen molar-refractivity contribution in [3.05, 3.63) is 70.7 Å². The Labute approximate surface area is 142 Å². The molecule has 1 heterocycles. The van der Waals surface area contributed by atoms with Crippen molar-refractivity contribution in [3.63, 3.8) is 0 Å². The van der Waals surface area contributed by atoms with Crippen LogP contribution in [0.5, 0.6) is 0 Å². The van der Waals surface area contributed by atoms with E-state index < -0.39 is 11.7 Å². The number of aromatic nitrogens is 1. The van der Waals surface area contributed by atoms with E-state index >= 15 is 0 Å². The van der Waals surface area contributed by atoms with Crippen LogP contribution < -0.4 is 10.9 Å². The molecule has 1 aromatic heterocycles. The average Bonchev–Trinajstić information content (AvgIpc) is 2.95. The van der Waals surface area contributed by atoms with Crippen LogP contribution in [0, 0.1) is 12.7 Å². The number of hydrazine groups is 1. The predicted molar refractivity (Wildman–Crippen MR) is 89.2 cm³/mol. The van der Waals surface area contributed by atoms with Crippen molar-refractivity contribution in [2.24, 2.45) is 0 Å². The van der Waals surface area contributed by atoms with Gasteiger partial charge in [-0.15, -0.1) is 0 Å². The van der Waals surface area contributed by atoms with Crippen LogP contribution in [0.25, 0.3) is 11.3 Å². The molecule has 3 rings (SSSR count). The zero-order valence-electron chi connectivity index (χ0n) is 12.6. The highest BCUT2D eigenvalue weighted by Gasteiger charge is 2.25. The Balaban J connectivity index is 1.91. The Hall–Kier alpha value is -2.86. The number of hydrogen-bond donors (Lipinski definition) is 2. The Morgan fingerprint density at radius 2 is 1.92 bits per heavy atom. The van der Waals surface area contributed by atoms with Crippen molar-refractivity contribution in [3.8, 4) is 11.3 Å². The van der Waals surface area contributed by atoms with E-state index in [0.29, 0.717) is 5.69 Å². The molecule has 0 atom stereocenters. The van der Waals surface area contributed by atoms with Crippen LogP contribution in [0.3, 0.4) is 0 Å². The summed E-state index contributed by atoms with van der Waals surface area (Å²) in [5, 5.41) is 3.94. The number of rotatable bonds is 4. The topological polar surface area (TPSA) is 67.2 Å². The van der Waals surface area contributed by atoms with Crippen molar-refractivity contribution < 1.29 is 13.7 Å². The van der Waals surface area contributed by atoms with Gasteiger partial charge in [0.25, 0.3) is 5.91 Å². The molecule has 0 spiro atoms. The maximum absolute atomic E-state index is 14.1. The lowest BCUT2D eigenvalue weighted by molar-refractivity contribution is 0.0961. The lowest BCUT2D eigenvalue weighted by Crippen LogP contribution is -2.30. The number of anilines is 1. The number of amides is 1. The Bertz CT molecular complexity index is 861. The highest BCUT2D eigenvalue weighted by molar-refractivity contribution is 6.33. The summed E-state index contributed by atoms with van der Waals surface area (Å²) < 4.78 is 19.2. The Kier molecular flexibility index (Phi) is 4.48. The van der Waals surface area contributed by atoms with Gasteiger partial charge in [0, 0.05) is 0 Å². The molecule has 0 bridgehead atoms. The van der Waals surface area contributed by atoms with E-state index in [1.807, 2.05) is 18.2 Å². The third-order valence-electron chi connectivity index (χ3n) is 3.38. The van der Waals surface area contributed by atoms with E-state index in [2.05, 4.69) is 16.0 Å². The normalized spacial score (nSPS) is 10.5. The van der Waals surface area contributed by atoms with Gasteiger partial charge in [-0.1, -0.05) is 41.0 Å². The molecular weight excluding hydrogens is 333 g/mol. The van der Waals surface area contributed by atoms with E-state index in [-0.39, 0.29) is 27.6 Å². The molecule has 0 saturated carbocycles. The predicted octanol–water partition coefficient (Wildman–Crippen LogP) is 4.20. The summed E-state index contributed by atoms with van der Waals surface area (Å²) in [7, 11) is 0. The number of carbonyl (C=O) groups excluding carboxylic acids is 1. The van der Waals surface area contributed by atoms with Crippen LogP contribution in [0.1, 0.15) is 16.1 Å². The summed E-state index contributed by atoms with van der Waals surface area (Å²) in [5.74, 6) is -0.829. The third-order valence-corrected chi connectivity index (χ3v) is 3.70. The van der Waals surface area contributed by atoms with Gasteiger partial charge in [-0.05, 0) is 31.2 Å². The maximum atomic E-state index is 14.1. The van der Waals surface area contributed by atoms with Crippen LogP contribution >= 0.6 is 11.6 Å². The van der Waals surface area contributed by atoms with E-state index in [9.17, 15) is 9.18 Å². The zero-order valence-corrected chi connectivity index (χ0v) is 13.4. The molecule has 1 amide bonds. The van der Waals surface area contributed by atoms with Gasteiger partial charge in [0.2, 0.25) is 0 Å². The molecule has 7 heteroatoms. The lowest BCUT2D eigenvalue weighted by Gasteiger charge is -2.09. The van der Waals surface area contributed by atoms with Crippen molar-refractivity contribution in [2.45, 2.75) is 6.92 Å². The second-order valence-corrected chi connectivity index (χ2v) is 5.41. The van der Waals surface area contributed by atoms with Gasteiger partial charge in [-0.3, -0.25) is 15.6 Å². The second kappa shape index (κ2) is 6.72. The number of nitrogens with zero attached hydrogens (tertiary/aromatic N) is 1. The molecule has 3 aromatic rings. The van der Waals surface area contributed by atoms with Crippen LogP contribution in [0.15, 0.2) is 53.1 Å². The van der Waals surface area contributed by atoms with Crippen LogP contribution in [0.2, 0.25) is 5.02 Å². The number of para-hydroxylation sites is 1. The molecule has 2 aromatic carbocycles. The molecule has 0 aliphatic carbocycles. The van der Waals surface area contributed by atoms with E-state index in [1.54, 1.807) is 19.1 Å². The van der Waals surface area contributed by atoms with Crippen molar-refractivity contribution in [2.75, 3.05) is 5.43 Å². The summed E-state index contributed by atoms with van der Waals surface area (Å²) in [4.78, 5) is 12.5. The number of halogens is 2. The molecule has 2 N–H and O–H groups in total. The third kappa shape index (κ3) is 3.09. The largest absolute Gasteiger partial charge is 0.360 e. The van der Waals surface area contributed by atoms with E-state index in [1.165, 1.54) is 18.2 Å². The molecule has 0 fully saturated rings. The fourth-order valence-corrected chi connectivity index (χ4v) is 2.50. The van der Waals surface area contributed by atoms with E-state index in [0.717, 1.165) is 0 Å². The summed E-state index contributed by atoms with van der Waals surface area (Å²) in [6.07, 6.45) is 0. The van der Waals surface area contributed by atoms with Gasteiger partial charge in [0.1, 0.15) is 22.8 Å². The SMILES string of the molecule is Cc1onc(-c2c(F)cccc2Cl)c1C(=O)NNc1ccccc1. The van der Waals surface area contributed by atoms with Gasteiger partial charge >= 0.3 is 0 Å². The number of carbonyl (C=O) groups is 1. The molecule has 0 radical (unpaired) electrons. The minimum atomic E-state index is -0.583. The van der Waals surface area contributed by atoms with Gasteiger partial charge in [-0.2, -0.15) is 0 Å². The number of nitrogens with one attached hydrogen (secondary N) is 2. The number of hydrogen-bond acceptors (Lipinski definition) is 4. The molecule has 0 aliphatic rings. The van der Waals surface area contributed by atoms with Gasteiger partial charge < -0.3 is 4.52 Å². The minimum Gasteiger partial charge on any atom is -0.360 e. The minimum absolute atomic E-state index is 0.0286. The van der Waals surface area contributed by atoms with Crippen molar-refractivity contribution in [1.82, 2.24) is 10.6 Å². The fraction of sp³-hybridized carbons (Fsp3) is 0.0588. The first kappa shape index (κ1) is 16.0. The highest BCUT2D eigenvalue weighted by atomic mass is 35.5. The molecule has 122 valence electrons. The first-order valence-corrected chi connectivity index (χ1v) is 7.48. The van der Waals surface area contributed by atoms with Crippen LogP contribution in [-0.2, 0) is 0 Å². The van der Waals surface area contributed by atoms with Gasteiger partial charge in [-0.25, -0.2) is 4.39 Å². The zero-order chi connectivity index (χ0) is 17.1. The van der Waals surface area contributed by atoms with E-state index in [4.69, 9.17) is 16.1 Å². The standard InChI is InChI=1S/C17H13ClFN3O2/c1-10-14(17(23)21-20-11-6-3-2-4-7-11)16(22-24-10)15-12(18)8-5-9-13(15)19/h2-9,20H,1H3,(H,21,23). The molecule has 0 saturated heterocycles. The summed E-state index contributed by atoms with van der Waals surface area (Å²) >= 11 is 6.05. The molecule has 24 heavy (non-hydrogen) atoms. The maximum Gasteiger partial charge on any atom is 0.275 e. The molecule has 5 nitrogen and oxygen atoms in total. The Morgan fingerprint density at radius 1 is 1.17 bits per heavy atom. The molecule has 0 unspecified atom stereocenters. The molecule has 0 aliphatic heterocycles. The Morgan fingerprint density at radius 3 is 2.62 bits per heavy atom. The summed E-state index contributed by atoms with van der Waals surface area (Å²) in [6, 6.07) is 13.3. The average molecular weight is 346 g/mol. The second-order valence-electron chi connectivity index (χ2n) is 5.00. The van der Waals surface area contributed by atoms with Crippen molar-refractivity contribution in [1.29, 1.82) is 0 Å². The fourth-order valence-electron chi connectivity index (χ4n) is 2.25. The van der Waals surface area contributed by atoms with Crippen molar-refractivity contribution >= 4 is 23.2 Å². The van der Waals surface area contributed by atoms with Crippen LogP contribution in [-0.4, -0.2) is 11.1 Å². The number of aryl methyl sites for hydroxylation is 1. The first-order valence-electron chi connectivity index (χ1n) is 7.10. The summed E-state index contributed by atoms with van der Waals surface area (Å²) in [5.41, 5.74) is 6.21. The first-order chi connectivity index (χ1) is 11.6. The smallest absolute Gasteiger partial charge is 0.275 e. The van der Waals surface area contributed by atoms with Gasteiger partial charge in [0.15, 0.2) is 0 Å².